The summed E-state index contributed by atoms with van der Waals surface area (Å²) >= 11 is 0. The predicted octanol–water partition coefficient (Wildman–Crippen LogP) is 4.46. The van der Waals surface area contributed by atoms with Crippen LogP contribution in [-0.2, 0) is 11.3 Å². The van der Waals surface area contributed by atoms with Crippen LogP contribution in [0, 0.1) is 18.8 Å². The lowest BCUT2D eigenvalue weighted by atomic mass is 10.1. The van der Waals surface area contributed by atoms with E-state index in [1.807, 2.05) is 68.4 Å². The second kappa shape index (κ2) is 8.50. The lowest BCUT2D eigenvalue weighted by Crippen LogP contribution is -2.33. The Kier molecular flexibility index (Phi) is 5.80. The number of nitrogens with zero attached hydrogens (tertiary/aromatic N) is 2. The third kappa shape index (κ3) is 5.02. The lowest BCUT2D eigenvalue weighted by Gasteiger charge is -2.26. The number of rotatable bonds is 8. The molecule has 2 aliphatic carbocycles. The van der Waals surface area contributed by atoms with Crippen molar-refractivity contribution >= 4 is 23.2 Å². The fourth-order valence-corrected chi connectivity index (χ4v) is 3.81. The van der Waals surface area contributed by atoms with Crippen LogP contribution < -0.4 is 10.2 Å². The summed E-state index contributed by atoms with van der Waals surface area (Å²) < 4.78 is 0. The van der Waals surface area contributed by atoms with Crippen LogP contribution in [0.5, 0.6) is 0 Å². The largest absolute Gasteiger partial charge is 0.377 e. The first kappa shape index (κ1) is 20.5. The van der Waals surface area contributed by atoms with E-state index in [1.54, 1.807) is 0 Å². The number of hydrogen-bond donors (Lipinski definition) is 1. The fraction of sp³-hybridized carbons (Fsp3) is 0.440. The van der Waals surface area contributed by atoms with Crippen LogP contribution >= 0.6 is 0 Å². The first-order valence-corrected chi connectivity index (χ1v) is 10.9. The van der Waals surface area contributed by atoms with E-state index in [4.69, 9.17) is 0 Å². The molecule has 0 spiro atoms. The Hall–Kier alpha value is -2.82. The highest BCUT2D eigenvalue weighted by atomic mass is 16.2. The van der Waals surface area contributed by atoms with Gasteiger partial charge in [-0.3, -0.25) is 9.59 Å². The summed E-state index contributed by atoms with van der Waals surface area (Å²) in [6.07, 6.45) is 4.34. The molecular weight excluding hydrogens is 374 g/mol. The predicted molar refractivity (Wildman–Crippen MR) is 121 cm³/mol. The molecule has 0 aromatic heterocycles. The highest BCUT2D eigenvalue weighted by Crippen LogP contribution is 2.33. The Balaban J connectivity index is 1.60. The van der Waals surface area contributed by atoms with Gasteiger partial charge in [-0.2, -0.15) is 0 Å². The maximum atomic E-state index is 13.3. The number of amides is 2. The van der Waals surface area contributed by atoms with Crippen molar-refractivity contribution in [3.63, 3.8) is 0 Å². The van der Waals surface area contributed by atoms with E-state index in [0.29, 0.717) is 12.5 Å². The SMILES string of the molecule is Cc1cccc(C(=O)N(Cc2cc(NC(=O)C3CC3)ccc2N(C)C)CC2CC2)c1. The number of carbonyl (C=O) groups is 2. The molecule has 2 amide bonds. The van der Waals surface area contributed by atoms with E-state index in [0.717, 1.165) is 47.5 Å². The molecule has 0 unspecified atom stereocenters. The maximum absolute atomic E-state index is 13.3. The molecule has 5 heteroatoms. The van der Waals surface area contributed by atoms with Crippen molar-refractivity contribution in [3.05, 3.63) is 59.2 Å². The van der Waals surface area contributed by atoms with Crippen molar-refractivity contribution in [2.24, 2.45) is 11.8 Å². The number of benzene rings is 2. The molecular formula is C25H31N3O2. The van der Waals surface area contributed by atoms with Gasteiger partial charge in [0, 0.05) is 50.0 Å². The van der Waals surface area contributed by atoms with E-state index in [2.05, 4.69) is 10.2 Å². The molecule has 158 valence electrons. The monoisotopic (exact) mass is 405 g/mol. The summed E-state index contributed by atoms with van der Waals surface area (Å²) in [4.78, 5) is 29.6. The van der Waals surface area contributed by atoms with E-state index >= 15 is 0 Å². The minimum absolute atomic E-state index is 0.0720. The molecule has 0 aliphatic heterocycles. The zero-order chi connectivity index (χ0) is 21.3. The van der Waals surface area contributed by atoms with Crippen molar-refractivity contribution < 1.29 is 9.59 Å². The average Bonchev–Trinajstić information content (AvgIpc) is 3.61. The average molecular weight is 406 g/mol. The molecule has 0 bridgehead atoms. The second-order valence-corrected chi connectivity index (χ2v) is 9.00. The summed E-state index contributed by atoms with van der Waals surface area (Å²) in [6, 6.07) is 13.8. The third-order valence-corrected chi connectivity index (χ3v) is 5.87. The molecule has 4 rings (SSSR count). The topological polar surface area (TPSA) is 52.7 Å². The highest BCUT2D eigenvalue weighted by molar-refractivity contribution is 5.95. The molecule has 5 nitrogen and oxygen atoms in total. The Bertz CT molecular complexity index is 945. The summed E-state index contributed by atoms with van der Waals surface area (Å²) in [7, 11) is 4.02. The molecule has 2 saturated carbocycles. The van der Waals surface area contributed by atoms with E-state index < -0.39 is 0 Å². The fourth-order valence-electron chi connectivity index (χ4n) is 3.81. The minimum atomic E-state index is 0.0720. The van der Waals surface area contributed by atoms with E-state index in [1.165, 1.54) is 12.8 Å². The first-order valence-electron chi connectivity index (χ1n) is 10.9. The molecule has 0 atom stereocenters. The summed E-state index contributed by atoms with van der Waals surface area (Å²) in [6.45, 7) is 3.32. The molecule has 0 heterocycles. The Morgan fingerprint density at radius 2 is 1.80 bits per heavy atom. The molecule has 2 fully saturated rings. The Morgan fingerprint density at radius 1 is 1.03 bits per heavy atom. The Morgan fingerprint density at radius 3 is 2.43 bits per heavy atom. The number of nitrogens with one attached hydrogen (secondary N) is 1. The van der Waals surface area contributed by atoms with Gasteiger partial charge in [-0.05, 0) is 74.4 Å². The Labute approximate surface area is 179 Å². The van der Waals surface area contributed by atoms with Crippen molar-refractivity contribution in [3.8, 4) is 0 Å². The van der Waals surface area contributed by atoms with Crippen LogP contribution in [0.4, 0.5) is 11.4 Å². The lowest BCUT2D eigenvalue weighted by molar-refractivity contribution is -0.117. The minimum Gasteiger partial charge on any atom is -0.377 e. The van der Waals surface area contributed by atoms with Gasteiger partial charge >= 0.3 is 0 Å². The molecule has 2 aromatic rings. The number of anilines is 2. The smallest absolute Gasteiger partial charge is 0.254 e. The normalized spacial score (nSPS) is 15.6. The third-order valence-electron chi connectivity index (χ3n) is 5.87. The number of aryl methyl sites for hydroxylation is 1. The molecule has 30 heavy (non-hydrogen) atoms. The number of carbonyl (C=O) groups excluding carboxylic acids is 2. The molecule has 2 aromatic carbocycles. The highest BCUT2D eigenvalue weighted by Gasteiger charge is 2.30. The molecule has 1 N–H and O–H groups in total. The van der Waals surface area contributed by atoms with E-state index in [9.17, 15) is 9.59 Å². The van der Waals surface area contributed by atoms with Crippen LogP contribution in [0.1, 0.15) is 47.2 Å². The van der Waals surface area contributed by atoms with Gasteiger partial charge in [-0.15, -0.1) is 0 Å². The number of hydrogen-bond acceptors (Lipinski definition) is 3. The molecule has 2 aliphatic rings. The zero-order valence-corrected chi connectivity index (χ0v) is 18.1. The van der Waals surface area contributed by atoms with Crippen molar-refractivity contribution in [1.29, 1.82) is 0 Å². The van der Waals surface area contributed by atoms with Crippen molar-refractivity contribution in [2.45, 2.75) is 39.2 Å². The van der Waals surface area contributed by atoms with Crippen LogP contribution in [0.2, 0.25) is 0 Å². The van der Waals surface area contributed by atoms with Gasteiger partial charge in [-0.25, -0.2) is 0 Å². The maximum Gasteiger partial charge on any atom is 0.254 e. The van der Waals surface area contributed by atoms with Gasteiger partial charge in [0.2, 0.25) is 5.91 Å². The second-order valence-electron chi connectivity index (χ2n) is 9.00. The molecule has 0 radical (unpaired) electrons. The van der Waals surface area contributed by atoms with Gasteiger partial charge in [-0.1, -0.05) is 17.7 Å². The van der Waals surface area contributed by atoms with Crippen LogP contribution in [0.15, 0.2) is 42.5 Å². The molecule has 0 saturated heterocycles. The van der Waals surface area contributed by atoms with Gasteiger partial charge in [0.25, 0.3) is 5.91 Å². The van der Waals surface area contributed by atoms with Gasteiger partial charge in [0.05, 0.1) is 0 Å². The van der Waals surface area contributed by atoms with Gasteiger partial charge in [0.15, 0.2) is 0 Å². The van der Waals surface area contributed by atoms with Crippen LogP contribution in [0.25, 0.3) is 0 Å². The zero-order valence-electron chi connectivity index (χ0n) is 18.1. The van der Waals surface area contributed by atoms with Crippen LogP contribution in [0.3, 0.4) is 0 Å². The van der Waals surface area contributed by atoms with Crippen molar-refractivity contribution in [1.82, 2.24) is 4.90 Å². The summed E-state index contributed by atoms with van der Waals surface area (Å²) in [5.41, 5.74) is 4.75. The first-order chi connectivity index (χ1) is 14.4. The standard InChI is InChI=1S/C25H31N3O2/c1-17-5-4-6-20(13-17)25(30)28(15-18-7-8-18)16-21-14-22(11-12-23(21)27(2)3)26-24(29)19-9-10-19/h4-6,11-14,18-19H,7-10,15-16H2,1-3H3,(H,26,29). The van der Waals surface area contributed by atoms with Crippen molar-refractivity contribution in [2.75, 3.05) is 30.9 Å². The quantitative estimate of drug-likeness (QED) is 0.705. The summed E-state index contributed by atoms with van der Waals surface area (Å²) in [5.74, 6) is 0.933. The van der Waals surface area contributed by atoms with Gasteiger partial charge < -0.3 is 15.1 Å². The summed E-state index contributed by atoms with van der Waals surface area (Å²) in [5, 5.41) is 3.04. The van der Waals surface area contributed by atoms with Crippen LogP contribution in [-0.4, -0.2) is 37.4 Å². The van der Waals surface area contributed by atoms with Gasteiger partial charge in [0.1, 0.15) is 0 Å². The van der Waals surface area contributed by atoms with E-state index in [-0.39, 0.29) is 17.7 Å².